The number of carbonyl (C=O) groups is 1. The molecule has 0 aliphatic rings. The molecule has 8 nitrogen and oxygen atoms in total. The van der Waals surface area contributed by atoms with Gasteiger partial charge < -0.3 is 10.6 Å². The van der Waals surface area contributed by atoms with Crippen LogP contribution in [0.1, 0.15) is 15.9 Å². The van der Waals surface area contributed by atoms with Crippen molar-refractivity contribution in [2.24, 2.45) is 0 Å². The maximum Gasteiger partial charge on any atom is 0.300 e. The van der Waals surface area contributed by atoms with Gasteiger partial charge in [-0.2, -0.15) is 0 Å². The van der Waals surface area contributed by atoms with E-state index in [-0.39, 0.29) is 17.1 Å². The number of hydrogen-bond acceptors (Lipinski definition) is 6. The Kier molecular flexibility index (Phi) is 4.07. The largest absolute Gasteiger partial charge is 0.384 e. The lowest BCUT2D eigenvalue weighted by Crippen LogP contribution is -2.27. The van der Waals surface area contributed by atoms with Gasteiger partial charge in [0.25, 0.3) is 11.6 Å². The van der Waals surface area contributed by atoms with E-state index in [1.54, 1.807) is 31.6 Å². The van der Waals surface area contributed by atoms with Crippen LogP contribution in [0.4, 0.5) is 11.5 Å². The summed E-state index contributed by atoms with van der Waals surface area (Å²) in [4.78, 5) is 31.6. The predicted molar refractivity (Wildman–Crippen MR) is 75.3 cm³/mol. The molecule has 0 saturated carbocycles. The Hall–Kier alpha value is -3.03. The van der Waals surface area contributed by atoms with Gasteiger partial charge in [0.15, 0.2) is 0 Å². The van der Waals surface area contributed by atoms with Gasteiger partial charge >= 0.3 is 0 Å². The van der Waals surface area contributed by atoms with Crippen LogP contribution in [-0.4, -0.2) is 32.7 Å². The minimum absolute atomic E-state index is 0.0567. The molecule has 2 rings (SSSR count). The molecule has 8 heteroatoms. The van der Waals surface area contributed by atoms with Crippen LogP contribution in [-0.2, 0) is 6.54 Å². The Labute approximate surface area is 120 Å². The highest BCUT2D eigenvalue weighted by Crippen LogP contribution is 2.21. The van der Waals surface area contributed by atoms with Gasteiger partial charge in [0.05, 0.1) is 4.92 Å². The standard InChI is InChI=1S/C13H13N5O3/c1-17(8-9-2-4-15-5-3-9)13(19)10-6-12(14)16-7-11(10)18(20)21/h2-7H,8H2,1H3,(H2,14,16). The molecule has 2 heterocycles. The third-order valence-corrected chi connectivity index (χ3v) is 2.85. The van der Waals surface area contributed by atoms with E-state index in [1.807, 2.05) is 0 Å². The zero-order chi connectivity index (χ0) is 15.4. The SMILES string of the molecule is CN(Cc1ccncc1)C(=O)c1cc(N)ncc1[N+](=O)[O-]. The molecule has 0 aromatic carbocycles. The summed E-state index contributed by atoms with van der Waals surface area (Å²) < 4.78 is 0. The third-order valence-electron chi connectivity index (χ3n) is 2.85. The second-order valence-electron chi connectivity index (χ2n) is 4.40. The molecular weight excluding hydrogens is 274 g/mol. The van der Waals surface area contributed by atoms with Crippen molar-refractivity contribution >= 4 is 17.4 Å². The summed E-state index contributed by atoms with van der Waals surface area (Å²) in [6.07, 6.45) is 4.21. The zero-order valence-corrected chi connectivity index (χ0v) is 11.3. The zero-order valence-electron chi connectivity index (χ0n) is 11.3. The Balaban J connectivity index is 2.27. The number of aromatic nitrogens is 2. The number of amides is 1. The van der Waals surface area contributed by atoms with Crippen molar-refractivity contribution in [3.8, 4) is 0 Å². The highest BCUT2D eigenvalue weighted by Gasteiger charge is 2.24. The molecule has 1 amide bonds. The third kappa shape index (κ3) is 3.30. The van der Waals surface area contributed by atoms with Crippen molar-refractivity contribution in [3.05, 3.63) is 58.0 Å². The van der Waals surface area contributed by atoms with Crippen molar-refractivity contribution in [2.75, 3.05) is 12.8 Å². The average molecular weight is 287 g/mol. The van der Waals surface area contributed by atoms with Gasteiger partial charge in [-0.1, -0.05) is 0 Å². The van der Waals surface area contributed by atoms with Crippen molar-refractivity contribution in [1.82, 2.24) is 14.9 Å². The quantitative estimate of drug-likeness (QED) is 0.668. The van der Waals surface area contributed by atoms with Crippen molar-refractivity contribution < 1.29 is 9.72 Å². The van der Waals surface area contributed by atoms with Gasteiger partial charge in [0, 0.05) is 26.0 Å². The molecule has 21 heavy (non-hydrogen) atoms. The summed E-state index contributed by atoms with van der Waals surface area (Å²) >= 11 is 0. The monoisotopic (exact) mass is 287 g/mol. The molecular formula is C13H13N5O3. The van der Waals surface area contributed by atoms with E-state index in [0.29, 0.717) is 6.54 Å². The number of nitrogen functional groups attached to an aromatic ring is 1. The summed E-state index contributed by atoms with van der Waals surface area (Å²) in [6.45, 7) is 0.306. The van der Waals surface area contributed by atoms with Crippen LogP contribution >= 0.6 is 0 Å². The van der Waals surface area contributed by atoms with E-state index in [9.17, 15) is 14.9 Å². The number of hydrogen-bond donors (Lipinski definition) is 1. The van der Waals surface area contributed by atoms with Crippen LogP contribution in [0.25, 0.3) is 0 Å². The molecule has 2 N–H and O–H groups in total. The van der Waals surface area contributed by atoms with Gasteiger partial charge in [0.2, 0.25) is 0 Å². The summed E-state index contributed by atoms with van der Waals surface area (Å²) in [7, 11) is 1.56. The second-order valence-corrected chi connectivity index (χ2v) is 4.40. The van der Waals surface area contributed by atoms with Crippen molar-refractivity contribution in [2.45, 2.75) is 6.54 Å². The van der Waals surface area contributed by atoms with E-state index in [4.69, 9.17) is 5.73 Å². The van der Waals surface area contributed by atoms with Gasteiger partial charge in [0.1, 0.15) is 17.6 Å². The number of nitro groups is 1. The number of nitrogens with two attached hydrogens (primary N) is 1. The summed E-state index contributed by atoms with van der Waals surface area (Å²) in [5.41, 5.74) is 5.93. The molecule has 0 saturated heterocycles. The summed E-state index contributed by atoms with van der Waals surface area (Å²) in [5.74, 6) is -0.436. The molecule has 0 atom stereocenters. The number of pyridine rings is 2. The Morgan fingerprint density at radius 1 is 1.43 bits per heavy atom. The first-order chi connectivity index (χ1) is 9.99. The second kappa shape index (κ2) is 5.95. The predicted octanol–water partition coefficient (Wildman–Crippen LogP) is 1.24. The van der Waals surface area contributed by atoms with E-state index < -0.39 is 10.8 Å². The highest BCUT2D eigenvalue weighted by atomic mass is 16.6. The van der Waals surface area contributed by atoms with Gasteiger partial charge in [-0.15, -0.1) is 0 Å². The van der Waals surface area contributed by atoms with Crippen LogP contribution in [0.15, 0.2) is 36.8 Å². The van der Waals surface area contributed by atoms with Crippen LogP contribution in [0.5, 0.6) is 0 Å². The van der Waals surface area contributed by atoms with Gasteiger partial charge in [-0.05, 0) is 23.8 Å². The number of rotatable bonds is 4. The average Bonchev–Trinajstić information content (AvgIpc) is 2.47. The number of nitrogens with zero attached hydrogens (tertiary/aromatic N) is 4. The molecule has 108 valence electrons. The van der Waals surface area contributed by atoms with E-state index in [2.05, 4.69) is 9.97 Å². The first kappa shape index (κ1) is 14.4. The fourth-order valence-electron chi connectivity index (χ4n) is 1.82. The molecule has 2 aromatic rings. The van der Waals surface area contributed by atoms with E-state index in [1.165, 1.54) is 11.0 Å². The Morgan fingerprint density at radius 3 is 2.71 bits per heavy atom. The first-order valence-corrected chi connectivity index (χ1v) is 6.03. The summed E-state index contributed by atoms with van der Waals surface area (Å²) in [6, 6.07) is 4.74. The Morgan fingerprint density at radius 2 is 2.10 bits per heavy atom. The molecule has 0 fully saturated rings. The maximum atomic E-state index is 12.3. The summed E-state index contributed by atoms with van der Waals surface area (Å²) in [5, 5.41) is 11.0. The molecule has 0 unspecified atom stereocenters. The molecule has 0 bridgehead atoms. The lowest BCUT2D eigenvalue weighted by molar-refractivity contribution is -0.385. The van der Waals surface area contributed by atoms with E-state index in [0.717, 1.165) is 11.8 Å². The number of anilines is 1. The number of carbonyl (C=O) groups excluding carboxylic acids is 1. The van der Waals surface area contributed by atoms with Crippen LogP contribution in [0.2, 0.25) is 0 Å². The minimum atomic E-state index is -0.653. The molecule has 0 aliphatic carbocycles. The van der Waals surface area contributed by atoms with Crippen LogP contribution < -0.4 is 5.73 Å². The van der Waals surface area contributed by atoms with Crippen LogP contribution in [0, 0.1) is 10.1 Å². The topological polar surface area (TPSA) is 115 Å². The van der Waals surface area contributed by atoms with E-state index >= 15 is 0 Å². The lowest BCUT2D eigenvalue weighted by atomic mass is 10.2. The molecule has 0 radical (unpaired) electrons. The van der Waals surface area contributed by atoms with Gasteiger partial charge in [-0.3, -0.25) is 19.9 Å². The van der Waals surface area contributed by atoms with Crippen molar-refractivity contribution in [3.63, 3.8) is 0 Å². The fraction of sp³-hybridized carbons (Fsp3) is 0.154. The Bertz CT molecular complexity index is 675. The lowest BCUT2D eigenvalue weighted by Gasteiger charge is -2.17. The highest BCUT2D eigenvalue weighted by molar-refractivity contribution is 5.98. The van der Waals surface area contributed by atoms with Crippen molar-refractivity contribution in [1.29, 1.82) is 0 Å². The first-order valence-electron chi connectivity index (χ1n) is 6.03. The fourth-order valence-corrected chi connectivity index (χ4v) is 1.82. The molecule has 0 aliphatic heterocycles. The maximum absolute atomic E-state index is 12.3. The molecule has 2 aromatic heterocycles. The smallest absolute Gasteiger partial charge is 0.300 e. The minimum Gasteiger partial charge on any atom is -0.384 e. The molecule has 0 spiro atoms. The normalized spacial score (nSPS) is 10.1. The van der Waals surface area contributed by atoms with Gasteiger partial charge in [-0.25, -0.2) is 4.98 Å². The van der Waals surface area contributed by atoms with Crippen LogP contribution in [0.3, 0.4) is 0 Å².